The van der Waals surface area contributed by atoms with Gasteiger partial charge in [0, 0.05) is 29.7 Å². The van der Waals surface area contributed by atoms with Crippen molar-refractivity contribution < 1.29 is 13.6 Å². The molecule has 0 atom stereocenters. The average molecular weight is 463 g/mol. The average Bonchev–Trinajstić information content (AvgIpc) is 3.09. The van der Waals surface area contributed by atoms with Gasteiger partial charge >= 0.3 is 0 Å². The molecule has 0 aliphatic heterocycles. The van der Waals surface area contributed by atoms with Crippen LogP contribution in [0.2, 0.25) is 0 Å². The molecule has 0 unspecified atom stereocenters. The molecule has 0 aliphatic rings. The summed E-state index contributed by atoms with van der Waals surface area (Å²) in [5, 5.41) is 12.1. The highest BCUT2D eigenvalue weighted by molar-refractivity contribution is 7.99. The Hall–Kier alpha value is -2.79. The van der Waals surface area contributed by atoms with E-state index in [0.717, 1.165) is 23.5 Å². The van der Waals surface area contributed by atoms with Crippen molar-refractivity contribution in [1.29, 1.82) is 0 Å². The molecule has 0 fully saturated rings. The Bertz CT molecular complexity index is 1090. The number of aryl methyl sites for hydroxylation is 2. The van der Waals surface area contributed by atoms with Crippen LogP contribution in [0, 0.1) is 25.5 Å². The molecular weight excluding hydrogens is 442 g/mol. The van der Waals surface area contributed by atoms with Gasteiger partial charge in [0.2, 0.25) is 5.91 Å². The molecule has 1 aromatic carbocycles. The van der Waals surface area contributed by atoms with Crippen LogP contribution < -0.4 is 5.32 Å². The lowest BCUT2D eigenvalue weighted by molar-refractivity contribution is -0.113. The van der Waals surface area contributed by atoms with E-state index < -0.39 is 11.6 Å². The van der Waals surface area contributed by atoms with Gasteiger partial charge in [0.25, 0.3) is 0 Å². The van der Waals surface area contributed by atoms with Crippen LogP contribution in [0.3, 0.4) is 0 Å². The minimum Gasteiger partial charge on any atom is -0.325 e. The van der Waals surface area contributed by atoms with Crippen molar-refractivity contribution in [3.63, 3.8) is 0 Å². The first-order valence-electron chi connectivity index (χ1n) is 9.21. The number of amides is 1. The fourth-order valence-corrected chi connectivity index (χ4v) is 4.29. The number of aromatic nitrogens is 5. The van der Waals surface area contributed by atoms with E-state index in [9.17, 15) is 13.6 Å². The van der Waals surface area contributed by atoms with Crippen molar-refractivity contribution in [3.8, 4) is 0 Å². The first-order valence-corrected chi connectivity index (χ1v) is 11.2. The number of nitrogens with zero attached hydrogens (tertiary/aromatic N) is 5. The lowest BCUT2D eigenvalue weighted by Crippen LogP contribution is -2.15. The molecule has 7 nitrogen and oxygen atoms in total. The lowest BCUT2D eigenvalue weighted by Gasteiger charge is -2.08. The maximum atomic E-state index is 13.3. The Morgan fingerprint density at radius 3 is 2.55 bits per heavy atom. The minimum absolute atomic E-state index is 0.0294. The fraction of sp³-hybridized carbons (Fsp3) is 0.250. The molecule has 0 radical (unpaired) electrons. The number of allylic oxidation sites excluding steroid dienone is 1. The number of halogens is 2. The van der Waals surface area contributed by atoms with Gasteiger partial charge in [-0.1, -0.05) is 29.6 Å². The number of carbonyl (C=O) groups is 1. The number of anilines is 1. The zero-order valence-corrected chi connectivity index (χ0v) is 18.6. The Labute approximate surface area is 186 Å². The topological polar surface area (TPSA) is 85.6 Å². The smallest absolute Gasteiger partial charge is 0.234 e. The van der Waals surface area contributed by atoms with Crippen molar-refractivity contribution >= 4 is 35.1 Å². The molecule has 1 N–H and O–H groups in total. The van der Waals surface area contributed by atoms with Crippen LogP contribution in [0.25, 0.3) is 0 Å². The van der Waals surface area contributed by atoms with Gasteiger partial charge in [0.15, 0.2) is 21.9 Å². The number of rotatable bonds is 9. The van der Waals surface area contributed by atoms with E-state index in [1.807, 2.05) is 24.5 Å². The van der Waals surface area contributed by atoms with Crippen LogP contribution in [0.15, 0.2) is 47.2 Å². The number of benzene rings is 1. The van der Waals surface area contributed by atoms with Gasteiger partial charge in [-0.3, -0.25) is 4.79 Å². The highest BCUT2D eigenvalue weighted by Crippen LogP contribution is 2.23. The first kappa shape index (κ1) is 22.9. The van der Waals surface area contributed by atoms with Crippen LogP contribution in [-0.4, -0.2) is 36.4 Å². The number of nitrogens with one attached hydrogen (secondary N) is 1. The number of hydrogen-bond acceptors (Lipinski definition) is 7. The molecule has 11 heteroatoms. The highest BCUT2D eigenvalue weighted by Gasteiger charge is 2.15. The van der Waals surface area contributed by atoms with Gasteiger partial charge in [-0.2, -0.15) is 0 Å². The second kappa shape index (κ2) is 10.5. The van der Waals surface area contributed by atoms with Gasteiger partial charge in [-0.05, 0) is 32.0 Å². The normalized spacial score (nSPS) is 10.8. The van der Waals surface area contributed by atoms with Gasteiger partial charge in [0.1, 0.15) is 5.82 Å². The Morgan fingerprint density at radius 1 is 1.13 bits per heavy atom. The largest absolute Gasteiger partial charge is 0.325 e. The molecule has 1 amide bonds. The third-order valence-corrected chi connectivity index (χ3v) is 5.74. The molecule has 0 spiro atoms. The van der Waals surface area contributed by atoms with Gasteiger partial charge < -0.3 is 9.88 Å². The van der Waals surface area contributed by atoms with Crippen molar-refractivity contribution in [2.45, 2.75) is 36.5 Å². The molecule has 31 heavy (non-hydrogen) atoms. The number of hydrogen-bond donors (Lipinski definition) is 1. The monoisotopic (exact) mass is 462 g/mol. The Morgan fingerprint density at radius 2 is 1.87 bits per heavy atom. The van der Waals surface area contributed by atoms with Crippen molar-refractivity contribution in [3.05, 3.63) is 65.8 Å². The summed E-state index contributed by atoms with van der Waals surface area (Å²) >= 11 is 2.64. The van der Waals surface area contributed by atoms with Crippen LogP contribution >= 0.6 is 23.5 Å². The van der Waals surface area contributed by atoms with E-state index in [2.05, 4.69) is 32.1 Å². The van der Waals surface area contributed by atoms with E-state index in [1.165, 1.54) is 29.6 Å². The SMILES string of the molecule is C=CCn1c(CSc2nc(C)cc(C)n2)nnc1SCC(=O)Nc1ccc(F)c(F)c1. The maximum absolute atomic E-state index is 13.3. The molecule has 0 bridgehead atoms. The van der Waals surface area contributed by atoms with E-state index in [1.54, 1.807) is 6.08 Å². The van der Waals surface area contributed by atoms with Crippen LogP contribution in [-0.2, 0) is 17.1 Å². The van der Waals surface area contributed by atoms with Crippen molar-refractivity contribution in [1.82, 2.24) is 24.7 Å². The Balaban J connectivity index is 1.63. The zero-order valence-electron chi connectivity index (χ0n) is 16.9. The summed E-state index contributed by atoms with van der Waals surface area (Å²) in [6.45, 7) is 8.07. The molecule has 0 saturated carbocycles. The summed E-state index contributed by atoms with van der Waals surface area (Å²) in [6, 6.07) is 5.10. The molecule has 3 rings (SSSR count). The maximum Gasteiger partial charge on any atom is 0.234 e. The first-order chi connectivity index (χ1) is 14.9. The zero-order chi connectivity index (χ0) is 22.4. The standard InChI is InChI=1S/C20H20F2N6OS2/c1-4-7-28-17(10-30-19-23-12(2)8-13(3)24-19)26-27-20(28)31-11-18(29)25-14-5-6-15(21)16(22)9-14/h4-6,8-9H,1,7,10-11H2,2-3H3,(H,25,29). The molecule has 2 aromatic heterocycles. The lowest BCUT2D eigenvalue weighted by atomic mass is 10.3. The molecule has 2 heterocycles. The van der Waals surface area contributed by atoms with E-state index in [4.69, 9.17) is 0 Å². The number of thioether (sulfide) groups is 2. The van der Waals surface area contributed by atoms with Gasteiger partial charge in [0.05, 0.1) is 11.5 Å². The summed E-state index contributed by atoms with van der Waals surface area (Å²) < 4.78 is 28.2. The Kier molecular flexibility index (Phi) is 7.75. The molecule has 0 saturated heterocycles. The molecule has 0 aliphatic carbocycles. The third kappa shape index (κ3) is 6.34. The summed E-state index contributed by atoms with van der Waals surface area (Å²) in [7, 11) is 0. The van der Waals surface area contributed by atoms with Crippen LogP contribution in [0.1, 0.15) is 17.2 Å². The predicted molar refractivity (Wildman–Crippen MR) is 117 cm³/mol. The third-order valence-electron chi connectivity index (χ3n) is 3.93. The van der Waals surface area contributed by atoms with Crippen molar-refractivity contribution in [2.75, 3.05) is 11.1 Å². The van der Waals surface area contributed by atoms with Crippen LogP contribution in [0.5, 0.6) is 0 Å². The highest BCUT2D eigenvalue weighted by atomic mass is 32.2. The molecular formula is C20H20F2N6OS2. The summed E-state index contributed by atoms with van der Waals surface area (Å²) in [5.41, 5.74) is 1.97. The van der Waals surface area contributed by atoms with E-state index >= 15 is 0 Å². The molecule has 162 valence electrons. The summed E-state index contributed by atoms with van der Waals surface area (Å²) in [4.78, 5) is 21.0. The fourth-order valence-electron chi connectivity index (χ4n) is 2.63. The van der Waals surface area contributed by atoms with Gasteiger partial charge in [-0.25, -0.2) is 18.7 Å². The van der Waals surface area contributed by atoms with E-state index in [0.29, 0.717) is 28.4 Å². The molecule has 3 aromatic rings. The van der Waals surface area contributed by atoms with Crippen molar-refractivity contribution in [2.24, 2.45) is 0 Å². The quantitative estimate of drug-likeness (QED) is 0.290. The summed E-state index contributed by atoms with van der Waals surface area (Å²) in [5.74, 6) is -1.13. The minimum atomic E-state index is -1.02. The van der Waals surface area contributed by atoms with Gasteiger partial charge in [-0.15, -0.1) is 16.8 Å². The predicted octanol–water partition coefficient (Wildman–Crippen LogP) is 4.17. The second-order valence-corrected chi connectivity index (χ2v) is 8.37. The van der Waals surface area contributed by atoms with E-state index in [-0.39, 0.29) is 17.3 Å². The summed E-state index contributed by atoms with van der Waals surface area (Å²) in [6.07, 6.45) is 1.72. The number of carbonyl (C=O) groups excluding carboxylic acids is 1. The second-order valence-electron chi connectivity index (χ2n) is 6.49. The van der Waals surface area contributed by atoms with Crippen LogP contribution in [0.4, 0.5) is 14.5 Å².